The molecule has 14 heteroatoms. The second-order valence-electron chi connectivity index (χ2n) is 14.7. The molecule has 4 heterocycles. The van der Waals surface area contributed by atoms with Gasteiger partial charge in [0.15, 0.2) is 5.60 Å². The summed E-state index contributed by atoms with van der Waals surface area (Å²) in [5, 5.41) is 52.2. The lowest BCUT2D eigenvalue weighted by Gasteiger charge is -2.47. The molecule has 0 saturated carbocycles. The predicted octanol–water partition coefficient (Wildman–Crippen LogP) is 2.53. The Morgan fingerprint density at radius 3 is 2.41 bits per heavy atom. The fraction of sp³-hybridized carbons (Fsp3) is 0.550. The van der Waals surface area contributed by atoms with Crippen LogP contribution in [0, 0.1) is 19.8 Å². The van der Waals surface area contributed by atoms with Crippen LogP contribution in [0.15, 0.2) is 48.6 Å². The molecular formula is C40H53N3O11. The number of rotatable bonds is 4. The van der Waals surface area contributed by atoms with Crippen LogP contribution in [0.2, 0.25) is 0 Å². The third-order valence-electron chi connectivity index (χ3n) is 10.4. The van der Waals surface area contributed by atoms with Crippen molar-refractivity contribution in [1.29, 1.82) is 0 Å². The van der Waals surface area contributed by atoms with Gasteiger partial charge in [-0.15, -0.1) is 0 Å². The number of fused-ring (bicyclic) bond motifs is 12. The van der Waals surface area contributed by atoms with Gasteiger partial charge in [0.05, 0.1) is 36.8 Å². The Labute approximate surface area is 315 Å². The van der Waals surface area contributed by atoms with Crippen LogP contribution in [0.4, 0.5) is 0 Å². The number of carboxylic acid groups (broad SMARTS) is 1. The highest BCUT2D eigenvalue weighted by atomic mass is 16.6. The highest BCUT2D eigenvalue weighted by molar-refractivity contribution is 5.95. The number of benzene rings is 2. The number of carboxylic acids is 1. The Morgan fingerprint density at radius 2 is 1.72 bits per heavy atom. The summed E-state index contributed by atoms with van der Waals surface area (Å²) in [6.07, 6.45) is -0.279. The summed E-state index contributed by atoms with van der Waals surface area (Å²) in [6.45, 7) is 5.65. The van der Waals surface area contributed by atoms with E-state index in [1.54, 1.807) is 18.2 Å². The van der Waals surface area contributed by atoms with Crippen molar-refractivity contribution in [2.24, 2.45) is 5.92 Å². The third-order valence-corrected chi connectivity index (χ3v) is 10.4. The van der Waals surface area contributed by atoms with Gasteiger partial charge in [-0.05, 0) is 80.3 Å². The number of nitrogens with one attached hydrogen (secondary N) is 3. The first-order valence-electron chi connectivity index (χ1n) is 18.6. The van der Waals surface area contributed by atoms with Crippen LogP contribution in [-0.2, 0) is 30.5 Å². The zero-order chi connectivity index (χ0) is 39.0. The lowest BCUT2D eigenvalue weighted by Crippen LogP contribution is -2.67. The average molecular weight is 752 g/mol. The number of aryl methyl sites for hydroxylation is 2. The van der Waals surface area contributed by atoms with Crippen LogP contribution < -0.4 is 20.7 Å². The van der Waals surface area contributed by atoms with Gasteiger partial charge >= 0.3 is 5.97 Å². The first-order chi connectivity index (χ1) is 25.8. The van der Waals surface area contributed by atoms with Crippen molar-refractivity contribution in [2.75, 3.05) is 19.8 Å². The van der Waals surface area contributed by atoms with E-state index in [4.69, 9.17) is 14.2 Å². The molecule has 54 heavy (non-hydrogen) atoms. The molecule has 0 spiro atoms. The van der Waals surface area contributed by atoms with Gasteiger partial charge in [0.25, 0.3) is 5.91 Å². The molecule has 2 aromatic carbocycles. The standard InChI is InChI=1S/C40H53N3O11/c1-23-16-29-17-24(2)35(23)53-21-26-10-8-11-27(18-26)30(43-38(49)28-12-9-15-52-22-28)13-6-4-5-7-14-40(39(50)51)19-31(45)33(42-25(3)44)36(54-40)34(47)32(46)20-41-37(29)48/h5,7-8,10-11,16-18,28,30-34,36,45-47H,4,6,9,12-15,19-22H2,1-3H3,(H,41,48)(H,42,44)(H,43,49)(H,50,51)/b7-5+/t28-,30-,31+,32-,33-,34-,36-,40-/m1/s1. The van der Waals surface area contributed by atoms with Crippen LogP contribution in [-0.4, -0.2) is 99.9 Å². The van der Waals surface area contributed by atoms with Crippen molar-refractivity contribution in [3.8, 4) is 5.75 Å². The van der Waals surface area contributed by atoms with Gasteiger partial charge in [-0.3, -0.25) is 14.4 Å². The summed E-state index contributed by atoms with van der Waals surface area (Å²) in [5.41, 5.74) is 1.50. The maximum absolute atomic E-state index is 13.4. The summed E-state index contributed by atoms with van der Waals surface area (Å²) < 4.78 is 17.9. The van der Waals surface area contributed by atoms with Gasteiger partial charge in [0.1, 0.15) is 24.6 Å². The van der Waals surface area contributed by atoms with Crippen molar-refractivity contribution >= 4 is 23.7 Å². The van der Waals surface area contributed by atoms with Crippen LogP contribution in [0.5, 0.6) is 5.75 Å². The van der Waals surface area contributed by atoms with E-state index in [1.165, 1.54) is 6.92 Å². The second-order valence-corrected chi connectivity index (χ2v) is 14.7. The third kappa shape index (κ3) is 10.0. The van der Waals surface area contributed by atoms with E-state index < -0.39 is 66.8 Å². The topological polar surface area (TPSA) is 213 Å². The van der Waals surface area contributed by atoms with Crippen LogP contribution >= 0.6 is 0 Å². The lowest BCUT2D eigenvalue weighted by molar-refractivity contribution is -0.226. The number of hydrogen-bond acceptors (Lipinski definition) is 10. The van der Waals surface area contributed by atoms with Gasteiger partial charge in [0.2, 0.25) is 11.8 Å². The highest BCUT2D eigenvalue weighted by Crippen LogP contribution is 2.36. The maximum atomic E-state index is 13.4. The molecule has 0 aromatic heterocycles. The van der Waals surface area contributed by atoms with Gasteiger partial charge < -0.3 is 50.6 Å². The number of aliphatic hydroxyl groups excluding tert-OH is 3. The smallest absolute Gasteiger partial charge is 0.336 e. The molecule has 6 rings (SSSR count). The number of carbonyl (C=O) groups excluding carboxylic acids is 3. The zero-order valence-electron chi connectivity index (χ0n) is 31.1. The maximum Gasteiger partial charge on any atom is 0.336 e. The summed E-state index contributed by atoms with van der Waals surface area (Å²) in [5.74, 6) is -2.19. The largest absolute Gasteiger partial charge is 0.488 e. The molecule has 8 atom stereocenters. The van der Waals surface area contributed by atoms with E-state index in [0.29, 0.717) is 49.4 Å². The Balaban J connectivity index is 1.45. The minimum absolute atomic E-state index is 0.0729. The SMILES string of the molecule is CC(=O)N[C@H]1[C@H]2O[C@](C(=O)O)(C/C=C/CCC[C@@H](NC(=O)[C@@H]3CCCOC3)c3cccc(c3)COc3c(C)cc(cc3C)C(=O)NC[C@@H](O)[C@H]2O)C[C@@H]1O. The van der Waals surface area contributed by atoms with E-state index >= 15 is 0 Å². The van der Waals surface area contributed by atoms with Crippen LogP contribution in [0.1, 0.15) is 90.5 Å². The van der Waals surface area contributed by atoms with Gasteiger partial charge in [-0.1, -0.05) is 36.4 Å². The fourth-order valence-electron chi connectivity index (χ4n) is 7.51. The first kappa shape index (κ1) is 40.8. The summed E-state index contributed by atoms with van der Waals surface area (Å²) >= 11 is 0. The summed E-state index contributed by atoms with van der Waals surface area (Å²) in [6, 6.07) is 9.58. The molecule has 7 N–H and O–H groups in total. The Hall–Kier alpha value is -4.34. The van der Waals surface area contributed by atoms with E-state index in [-0.39, 0.29) is 36.5 Å². The molecular weight excluding hydrogens is 698 g/mol. The number of ether oxygens (including phenoxy) is 3. The van der Waals surface area contributed by atoms with Gasteiger partial charge in [-0.2, -0.15) is 0 Å². The van der Waals surface area contributed by atoms with Gasteiger partial charge in [-0.25, -0.2) is 4.79 Å². The van der Waals surface area contributed by atoms with Crippen molar-refractivity contribution in [2.45, 2.75) is 114 Å². The molecule has 4 aliphatic rings. The molecule has 14 nitrogen and oxygen atoms in total. The van der Waals surface area contributed by atoms with E-state index in [0.717, 1.165) is 24.0 Å². The summed E-state index contributed by atoms with van der Waals surface area (Å²) in [7, 11) is 0. The minimum Gasteiger partial charge on any atom is -0.488 e. The quantitative estimate of drug-likeness (QED) is 0.226. The molecule has 2 saturated heterocycles. The molecule has 0 aliphatic carbocycles. The van der Waals surface area contributed by atoms with Gasteiger partial charge in [0, 0.05) is 38.5 Å². The van der Waals surface area contributed by atoms with Crippen molar-refractivity contribution in [3.63, 3.8) is 0 Å². The molecule has 2 aromatic rings. The zero-order valence-corrected chi connectivity index (χ0v) is 31.1. The van der Waals surface area contributed by atoms with Crippen LogP contribution in [0.3, 0.4) is 0 Å². The number of amides is 3. The number of hydrogen-bond donors (Lipinski definition) is 7. The van der Waals surface area contributed by atoms with E-state index in [2.05, 4.69) is 16.0 Å². The average Bonchev–Trinajstić information content (AvgIpc) is 3.14. The lowest BCUT2D eigenvalue weighted by atomic mass is 9.81. The molecule has 6 bridgehead atoms. The molecule has 3 amide bonds. The predicted molar refractivity (Wildman–Crippen MR) is 197 cm³/mol. The highest BCUT2D eigenvalue weighted by Gasteiger charge is 2.54. The molecule has 4 aliphatic heterocycles. The minimum atomic E-state index is -1.99. The van der Waals surface area contributed by atoms with Crippen molar-refractivity contribution in [3.05, 3.63) is 76.4 Å². The Kier molecular flexibility index (Phi) is 13.9. The summed E-state index contributed by atoms with van der Waals surface area (Å²) in [4.78, 5) is 51.4. The van der Waals surface area contributed by atoms with Crippen molar-refractivity contribution in [1.82, 2.24) is 16.0 Å². The molecule has 0 radical (unpaired) electrons. The monoisotopic (exact) mass is 751 g/mol. The van der Waals surface area contributed by atoms with Crippen molar-refractivity contribution < 1.29 is 53.8 Å². The fourth-order valence-corrected chi connectivity index (χ4v) is 7.51. The normalized spacial score (nSPS) is 30.5. The number of aliphatic carboxylic acids is 1. The second kappa shape index (κ2) is 18.3. The molecule has 0 unspecified atom stereocenters. The Bertz CT molecular complexity index is 1670. The van der Waals surface area contributed by atoms with E-state index in [1.807, 2.05) is 44.2 Å². The number of carbonyl (C=O) groups is 4. The van der Waals surface area contributed by atoms with E-state index in [9.17, 15) is 39.6 Å². The molecule has 294 valence electrons. The van der Waals surface area contributed by atoms with Crippen LogP contribution in [0.25, 0.3) is 0 Å². The molecule has 2 fully saturated rings. The number of aliphatic hydroxyl groups is 3. The number of allylic oxidation sites excluding steroid dienone is 1. The Morgan fingerprint density at radius 1 is 0.963 bits per heavy atom. The first-order valence-corrected chi connectivity index (χ1v) is 18.6.